The lowest BCUT2D eigenvalue weighted by molar-refractivity contribution is -0.181. The van der Waals surface area contributed by atoms with E-state index in [2.05, 4.69) is 0 Å². The quantitative estimate of drug-likeness (QED) is 0.396. The molecule has 0 saturated heterocycles. The number of amides is 1. The fourth-order valence-corrected chi connectivity index (χ4v) is 2.46. The number of carbonyl (C=O) groups excluding carboxylic acids is 1. The molecule has 0 aliphatic heterocycles. The number of hydroxylamine groups is 2. The molecule has 0 N–H and O–H groups in total. The van der Waals surface area contributed by atoms with E-state index in [0.29, 0.717) is 32.1 Å². The van der Waals surface area contributed by atoms with Crippen LogP contribution in [0.4, 0.5) is 0 Å². The van der Waals surface area contributed by atoms with Crippen molar-refractivity contribution in [3.05, 3.63) is 35.9 Å². The first kappa shape index (κ1) is 15.0. The third-order valence-corrected chi connectivity index (χ3v) is 3.64. The highest BCUT2D eigenvalue weighted by atomic mass is 16.7. The Morgan fingerprint density at radius 2 is 1.95 bits per heavy atom. The van der Waals surface area contributed by atoms with Crippen molar-refractivity contribution in [2.45, 2.75) is 32.3 Å². The van der Waals surface area contributed by atoms with Gasteiger partial charge in [0.05, 0.1) is 13.2 Å². The number of hydrogen-bond donors (Lipinski definition) is 0. The Labute approximate surface area is 120 Å². The van der Waals surface area contributed by atoms with Crippen molar-refractivity contribution in [1.29, 1.82) is 0 Å². The molecule has 1 aliphatic carbocycles. The van der Waals surface area contributed by atoms with Gasteiger partial charge in [-0.25, -0.2) is 5.06 Å². The summed E-state index contributed by atoms with van der Waals surface area (Å²) in [6.45, 7) is 2.22. The highest BCUT2D eigenvalue weighted by Crippen LogP contribution is 2.24. The van der Waals surface area contributed by atoms with E-state index < -0.39 is 0 Å². The maximum atomic E-state index is 10.9. The first-order valence-electron chi connectivity index (χ1n) is 7.35. The van der Waals surface area contributed by atoms with E-state index in [1.807, 2.05) is 30.3 Å². The molecule has 1 aromatic rings. The molecular formula is C16H23NO3. The fourth-order valence-electron chi connectivity index (χ4n) is 2.46. The molecule has 0 aromatic heterocycles. The minimum Gasteiger partial charge on any atom is -0.379 e. The average Bonchev–Trinajstić information content (AvgIpc) is 3.01. The van der Waals surface area contributed by atoms with Crippen molar-refractivity contribution in [1.82, 2.24) is 5.06 Å². The predicted molar refractivity (Wildman–Crippen MR) is 76.8 cm³/mol. The average molecular weight is 277 g/mol. The summed E-state index contributed by atoms with van der Waals surface area (Å²) in [4.78, 5) is 16.4. The lowest BCUT2D eigenvalue weighted by Crippen LogP contribution is -2.27. The van der Waals surface area contributed by atoms with Gasteiger partial charge in [-0.1, -0.05) is 43.2 Å². The standard InChI is InChI=1S/C16H23NO3/c18-14-17(20-13-16-6-2-1-3-7-16)10-11-19-12-15-8-4-5-9-15/h1-3,6-7,14-15H,4-5,8-13H2. The van der Waals surface area contributed by atoms with Gasteiger partial charge in [-0.15, -0.1) is 0 Å². The van der Waals surface area contributed by atoms with E-state index in [4.69, 9.17) is 9.57 Å². The van der Waals surface area contributed by atoms with Gasteiger partial charge in [-0.05, 0) is 24.3 Å². The van der Waals surface area contributed by atoms with Crippen molar-refractivity contribution in [2.24, 2.45) is 5.92 Å². The zero-order valence-electron chi connectivity index (χ0n) is 11.9. The molecule has 4 heteroatoms. The van der Waals surface area contributed by atoms with Gasteiger partial charge in [-0.3, -0.25) is 9.63 Å². The van der Waals surface area contributed by atoms with Crippen LogP contribution in [0.1, 0.15) is 31.2 Å². The van der Waals surface area contributed by atoms with E-state index in [1.54, 1.807) is 0 Å². The van der Waals surface area contributed by atoms with Crippen molar-refractivity contribution in [3.63, 3.8) is 0 Å². The largest absolute Gasteiger partial charge is 0.379 e. The van der Waals surface area contributed by atoms with Crippen molar-refractivity contribution in [3.8, 4) is 0 Å². The van der Waals surface area contributed by atoms with E-state index in [9.17, 15) is 4.79 Å². The van der Waals surface area contributed by atoms with Gasteiger partial charge in [0.25, 0.3) is 0 Å². The van der Waals surface area contributed by atoms with E-state index >= 15 is 0 Å². The predicted octanol–water partition coefficient (Wildman–Crippen LogP) is 2.78. The topological polar surface area (TPSA) is 38.8 Å². The van der Waals surface area contributed by atoms with Crippen LogP contribution >= 0.6 is 0 Å². The van der Waals surface area contributed by atoms with Crippen LogP contribution in [0.2, 0.25) is 0 Å². The Bertz CT molecular complexity index is 377. The summed E-state index contributed by atoms with van der Waals surface area (Å²) in [6.07, 6.45) is 5.93. The second-order valence-corrected chi connectivity index (χ2v) is 5.23. The summed E-state index contributed by atoms with van der Waals surface area (Å²) in [5.74, 6) is 0.713. The minimum absolute atomic E-state index is 0.405. The lowest BCUT2D eigenvalue weighted by Gasteiger charge is -2.17. The molecule has 0 atom stereocenters. The van der Waals surface area contributed by atoms with Gasteiger partial charge in [0.1, 0.15) is 6.61 Å². The van der Waals surface area contributed by atoms with Crippen molar-refractivity contribution < 1.29 is 14.4 Å². The molecule has 0 bridgehead atoms. The Kier molecular flexibility index (Phi) is 6.54. The fraction of sp³-hybridized carbons (Fsp3) is 0.562. The normalized spacial score (nSPS) is 15.4. The Morgan fingerprint density at radius 1 is 1.20 bits per heavy atom. The number of hydrogen-bond acceptors (Lipinski definition) is 3. The second-order valence-electron chi connectivity index (χ2n) is 5.23. The van der Waals surface area contributed by atoms with Crippen LogP contribution in [0.25, 0.3) is 0 Å². The van der Waals surface area contributed by atoms with Crippen molar-refractivity contribution in [2.75, 3.05) is 19.8 Å². The summed E-state index contributed by atoms with van der Waals surface area (Å²) >= 11 is 0. The molecule has 0 unspecified atom stereocenters. The monoisotopic (exact) mass is 277 g/mol. The molecule has 110 valence electrons. The minimum atomic E-state index is 0.405. The van der Waals surface area contributed by atoms with Crippen LogP contribution < -0.4 is 0 Å². The molecule has 0 radical (unpaired) electrons. The maximum Gasteiger partial charge on any atom is 0.233 e. The van der Waals surface area contributed by atoms with Gasteiger partial charge in [0.2, 0.25) is 6.41 Å². The molecule has 0 spiro atoms. The number of rotatable bonds is 9. The Morgan fingerprint density at radius 3 is 2.65 bits per heavy atom. The summed E-state index contributed by atoms with van der Waals surface area (Å²) in [6, 6.07) is 9.81. The van der Waals surface area contributed by atoms with E-state index in [-0.39, 0.29) is 0 Å². The molecule has 1 amide bonds. The summed E-state index contributed by atoms with van der Waals surface area (Å²) in [5, 5.41) is 1.31. The molecule has 1 aromatic carbocycles. The van der Waals surface area contributed by atoms with Crippen LogP contribution in [-0.2, 0) is 21.0 Å². The maximum absolute atomic E-state index is 10.9. The molecule has 20 heavy (non-hydrogen) atoms. The first-order chi connectivity index (χ1) is 9.88. The van der Waals surface area contributed by atoms with Crippen molar-refractivity contribution >= 4 is 6.41 Å². The summed E-state index contributed by atoms with van der Waals surface area (Å²) < 4.78 is 5.62. The van der Waals surface area contributed by atoms with Gasteiger partial charge in [0, 0.05) is 6.61 Å². The van der Waals surface area contributed by atoms with Crippen LogP contribution in [0.15, 0.2) is 30.3 Å². The van der Waals surface area contributed by atoms with Crippen LogP contribution in [0, 0.1) is 5.92 Å². The summed E-state index contributed by atoms with van der Waals surface area (Å²) in [7, 11) is 0. The molecule has 1 aliphatic rings. The Balaban J connectivity index is 1.58. The number of carbonyl (C=O) groups is 1. The van der Waals surface area contributed by atoms with E-state index in [1.165, 1.54) is 30.7 Å². The number of benzene rings is 1. The zero-order valence-corrected chi connectivity index (χ0v) is 11.9. The first-order valence-corrected chi connectivity index (χ1v) is 7.35. The van der Waals surface area contributed by atoms with Gasteiger partial charge in [0.15, 0.2) is 0 Å². The highest BCUT2D eigenvalue weighted by molar-refractivity contribution is 5.44. The third-order valence-electron chi connectivity index (χ3n) is 3.64. The molecular weight excluding hydrogens is 254 g/mol. The third kappa shape index (κ3) is 5.31. The summed E-state index contributed by atoms with van der Waals surface area (Å²) in [5.41, 5.74) is 1.05. The molecule has 1 saturated carbocycles. The van der Waals surface area contributed by atoms with Crippen LogP contribution in [-0.4, -0.2) is 31.2 Å². The zero-order chi connectivity index (χ0) is 14.0. The molecule has 4 nitrogen and oxygen atoms in total. The van der Waals surface area contributed by atoms with Gasteiger partial charge >= 0.3 is 0 Å². The van der Waals surface area contributed by atoms with E-state index in [0.717, 1.165) is 12.2 Å². The lowest BCUT2D eigenvalue weighted by atomic mass is 10.1. The van der Waals surface area contributed by atoms with Crippen LogP contribution in [0.5, 0.6) is 0 Å². The van der Waals surface area contributed by atoms with Crippen LogP contribution in [0.3, 0.4) is 0 Å². The molecule has 0 heterocycles. The SMILES string of the molecule is O=CN(CCOCC1CCCC1)OCc1ccccc1. The second kappa shape index (κ2) is 8.72. The smallest absolute Gasteiger partial charge is 0.233 e. The Hall–Kier alpha value is -1.39. The highest BCUT2D eigenvalue weighted by Gasteiger charge is 2.14. The molecule has 1 fully saturated rings. The van der Waals surface area contributed by atoms with Gasteiger partial charge in [-0.2, -0.15) is 0 Å². The number of ether oxygens (including phenoxy) is 1. The number of nitrogens with zero attached hydrogens (tertiary/aromatic N) is 1. The van der Waals surface area contributed by atoms with Gasteiger partial charge < -0.3 is 4.74 Å². The molecule has 2 rings (SSSR count).